The van der Waals surface area contributed by atoms with Gasteiger partial charge >= 0.3 is 6.18 Å². The lowest BCUT2D eigenvalue weighted by Crippen LogP contribution is -2.13. The van der Waals surface area contributed by atoms with Gasteiger partial charge in [-0.05, 0) is 35.4 Å². The maximum absolute atomic E-state index is 12.5. The van der Waals surface area contributed by atoms with Gasteiger partial charge in [0.25, 0.3) is 0 Å². The van der Waals surface area contributed by atoms with Crippen molar-refractivity contribution in [1.29, 1.82) is 0 Å². The smallest absolute Gasteiger partial charge is 0.416 e. The van der Waals surface area contributed by atoms with Gasteiger partial charge in [-0.25, -0.2) is 0 Å². The van der Waals surface area contributed by atoms with Crippen molar-refractivity contribution in [2.75, 3.05) is 7.11 Å². The molecule has 21 heavy (non-hydrogen) atoms. The standard InChI is InChI=1S/C15H13BrF3NO/c1-21-11-6-7-12(13(16)8-11)14(20)9-2-4-10(5-3-9)15(17,18)19/h2-8,14H,20H2,1H3. The van der Waals surface area contributed by atoms with Crippen LogP contribution in [0.1, 0.15) is 22.7 Å². The summed E-state index contributed by atoms with van der Waals surface area (Å²) >= 11 is 3.39. The van der Waals surface area contributed by atoms with Gasteiger partial charge in [-0.1, -0.05) is 34.1 Å². The molecule has 2 aromatic rings. The van der Waals surface area contributed by atoms with E-state index in [4.69, 9.17) is 10.5 Å². The Morgan fingerprint density at radius 1 is 1.10 bits per heavy atom. The number of alkyl halides is 3. The average Bonchev–Trinajstić information content (AvgIpc) is 2.45. The quantitative estimate of drug-likeness (QED) is 0.873. The normalized spacial score (nSPS) is 13.0. The number of hydrogen-bond donors (Lipinski definition) is 1. The van der Waals surface area contributed by atoms with Gasteiger partial charge in [-0.3, -0.25) is 0 Å². The molecule has 2 nitrogen and oxygen atoms in total. The predicted octanol–water partition coefficient (Wildman–Crippen LogP) is 4.52. The van der Waals surface area contributed by atoms with E-state index < -0.39 is 17.8 Å². The molecular weight excluding hydrogens is 347 g/mol. The lowest BCUT2D eigenvalue weighted by atomic mass is 9.98. The van der Waals surface area contributed by atoms with Gasteiger partial charge in [0.05, 0.1) is 18.7 Å². The largest absolute Gasteiger partial charge is 0.497 e. The number of methoxy groups -OCH3 is 1. The number of rotatable bonds is 3. The molecule has 0 amide bonds. The van der Waals surface area contributed by atoms with Crippen molar-refractivity contribution in [3.8, 4) is 5.75 Å². The maximum Gasteiger partial charge on any atom is 0.416 e. The molecule has 2 aromatic carbocycles. The zero-order chi connectivity index (χ0) is 15.6. The van der Waals surface area contributed by atoms with E-state index in [0.717, 1.165) is 22.2 Å². The van der Waals surface area contributed by atoms with Crippen LogP contribution in [-0.2, 0) is 6.18 Å². The second-order valence-electron chi connectivity index (χ2n) is 4.48. The highest BCUT2D eigenvalue weighted by atomic mass is 79.9. The van der Waals surface area contributed by atoms with Crippen molar-refractivity contribution in [2.45, 2.75) is 12.2 Å². The highest BCUT2D eigenvalue weighted by Crippen LogP contribution is 2.33. The molecule has 0 aromatic heterocycles. The molecule has 6 heteroatoms. The fourth-order valence-electron chi connectivity index (χ4n) is 1.95. The minimum atomic E-state index is -4.34. The summed E-state index contributed by atoms with van der Waals surface area (Å²) in [6.07, 6.45) is -4.34. The van der Waals surface area contributed by atoms with Gasteiger partial charge < -0.3 is 10.5 Å². The van der Waals surface area contributed by atoms with Gasteiger partial charge in [-0.2, -0.15) is 13.2 Å². The van der Waals surface area contributed by atoms with Gasteiger partial charge in [-0.15, -0.1) is 0 Å². The Morgan fingerprint density at radius 3 is 2.19 bits per heavy atom. The molecule has 112 valence electrons. The Hall–Kier alpha value is -1.53. The van der Waals surface area contributed by atoms with Crippen LogP contribution in [0.15, 0.2) is 46.9 Å². The fourth-order valence-corrected chi connectivity index (χ4v) is 2.55. The van der Waals surface area contributed by atoms with E-state index in [1.54, 1.807) is 25.3 Å². The molecule has 0 spiro atoms. The van der Waals surface area contributed by atoms with Crippen molar-refractivity contribution in [3.63, 3.8) is 0 Å². The summed E-state index contributed by atoms with van der Waals surface area (Å²) in [6, 6.07) is 9.63. The van der Waals surface area contributed by atoms with E-state index in [2.05, 4.69) is 15.9 Å². The maximum atomic E-state index is 12.5. The number of nitrogens with two attached hydrogens (primary N) is 1. The SMILES string of the molecule is COc1ccc(C(N)c2ccc(C(F)(F)F)cc2)c(Br)c1. The van der Waals surface area contributed by atoms with Gasteiger partial charge in [0, 0.05) is 4.47 Å². The molecule has 0 fully saturated rings. The second kappa shape index (κ2) is 6.07. The third-order valence-corrected chi connectivity index (χ3v) is 3.83. The van der Waals surface area contributed by atoms with Crippen molar-refractivity contribution in [2.24, 2.45) is 5.73 Å². The highest BCUT2D eigenvalue weighted by molar-refractivity contribution is 9.10. The number of benzene rings is 2. The van der Waals surface area contributed by atoms with E-state index in [0.29, 0.717) is 11.3 Å². The summed E-state index contributed by atoms with van der Waals surface area (Å²) in [5.74, 6) is 0.672. The van der Waals surface area contributed by atoms with Crippen LogP contribution in [0.5, 0.6) is 5.75 Å². The first-order valence-corrected chi connectivity index (χ1v) is 6.88. The van der Waals surface area contributed by atoms with Crippen molar-refractivity contribution < 1.29 is 17.9 Å². The van der Waals surface area contributed by atoms with Crippen LogP contribution >= 0.6 is 15.9 Å². The van der Waals surface area contributed by atoms with Crippen LogP contribution in [0.4, 0.5) is 13.2 Å². The van der Waals surface area contributed by atoms with E-state index >= 15 is 0 Å². The summed E-state index contributed by atoms with van der Waals surface area (Å²) in [7, 11) is 1.55. The first kappa shape index (κ1) is 15.9. The van der Waals surface area contributed by atoms with Gasteiger partial charge in [0.2, 0.25) is 0 Å². The Morgan fingerprint density at radius 2 is 1.71 bits per heavy atom. The molecule has 1 unspecified atom stereocenters. The fraction of sp³-hybridized carbons (Fsp3) is 0.200. The van der Waals surface area contributed by atoms with Crippen LogP contribution in [0.3, 0.4) is 0 Å². The number of halogens is 4. The highest BCUT2D eigenvalue weighted by Gasteiger charge is 2.30. The van der Waals surface area contributed by atoms with E-state index in [1.807, 2.05) is 0 Å². The van der Waals surface area contributed by atoms with Crippen LogP contribution < -0.4 is 10.5 Å². The van der Waals surface area contributed by atoms with Crippen LogP contribution in [0.25, 0.3) is 0 Å². The molecule has 1 atom stereocenters. The average molecular weight is 360 g/mol. The van der Waals surface area contributed by atoms with Crippen LogP contribution in [0.2, 0.25) is 0 Å². The lowest BCUT2D eigenvalue weighted by Gasteiger charge is -2.16. The molecule has 0 aliphatic heterocycles. The van der Waals surface area contributed by atoms with Gasteiger partial charge in [0.15, 0.2) is 0 Å². The first-order chi connectivity index (χ1) is 9.82. The molecule has 0 heterocycles. The first-order valence-electron chi connectivity index (χ1n) is 6.09. The lowest BCUT2D eigenvalue weighted by molar-refractivity contribution is -0.137. The third-order valence-electron chi connectivity index (χ3n) is 3.14. The zero-order valence-corrected chi connectivity index (χ0v) is 12.7. The molecule has 2 N–H and O–H groups in total. The minimum Gasteiger partial charge on any atom is -0.497 e. The molecule has 0 saturated heterocycles. The third kappa shape index (κ3) is 3.57. The predicted molar refractivity (Wildman–Crippen MR) is 78.2 cm³/mol. The summed E-state index contributed by atoms with van der Waals surface area (Å²) in [5, 5.41) is 0. The zero-order valence-electron chi connectivity index (χ0n) is 11.1. The molecular formula is C15H13BrF3NO. The Balaban J connectivity index is 2.30. The van der Waals surface area contributed by atoms with E-state index in [9.17, 15) is 13.2 Å². The topological polar surface area (TPSA) is 35.2 Å². The molecule has 2 rings (SSSR count). The van der Waals surface area contributed by atoms with Crippen LogP contribution in [-0.4, -0.2) is 7.11 Å². The van der Waals surface area contributed by atoms with Crippen LogP contribution in [0, 0.1) is 0 Å². The number of hydrogen-bond acceptors (Lipinski definition) is 2. The molecule has 0 aliphatic carbocycles. The summed E-state index contributed by atoms with van der Waals surface area (Å²) < 4.78 is 43.5. The summed E-state index contributed by atoms with van der Waals surface area (Å²) in [5.41, 5.74) is 6.81. The monoisotopic (exact) mass is 359 g/mol. The summed E-state index contributed by atoms with van der Waals surface area (Å²) in [4.78, 5) is 0. The van der Waals surface area contributed by atoms with E-state index in [-0.39, 0.29) is 0 Å². The molecule has 0 bridgehead atoms. The van der Waals surface area contributed by atoms with Gasteiger partial charge in [0.1, 0.15) is 5.75 Å². The Kier molecular flexibility index (Phi) is 4.58. The van der Waals surface area contributed by atoms with Crippen molar-refractivity contribution >= 4 is 15.9 Å². The summed E-state index contributed by atoms with van der Waals surface area (Å²) in [6.45, 7) is 0. The minimum absolute atomic E-state index is 0.521. The Bertz CT molecular complexity index is 626. The second-order valence-corrected chi connectivity index (χ2v) is 5.34. The molecule has 0 aliphatic rings. The molecule has 0 saturated carbocycles. The Labute approximate surface area is 128 Å². The van der Waals surface area contributed by atoms with Crippen molar-refractivity contribution in [1.82, 2.24) is 0 Å². The molecule has 0 radical (unpaired) electrons. The number of ether oxygens (including phenoxy) is 1. The van der Waals surface area contributed by atoms with Crippen molar-refractivity contribution in [3.05, 3.63) is 63.6 Å². The van der Waals surface area contributed by atoms with E-state index in [1.165, 1.54) is 12.1 Å².